The molecule has 1 heterocycles. The Kier molecular flexibility index (Phi) is 7.22. The number of aromatic nitrogens is 2. The number of aryl methyl sites for hydroxylation is 1. The molecule has 0 amide bonds. The average molecular weight is 391 g/mol. The number of hydrogen-bond donors (Lipinski definition) is 0. The quantitative estimate of drug-likeness (QED) is 0.529. The fraction of sp³-hybridized carbons (Fsp3) is 0.500. The number of halogens is 1. The first kappa shape index (κ1) is 18.9. The second-order valence-electron chi connectivity index (χ2n) is 6.39. The van der Waals surface area contributed by atoms with Gasteiger partial charge in [0.05, 0.1) is 5.69 Å². The minimum atomic E-state index is -0.0638. The van der Waals surface area contributed by atoms with Crippen molar-refractivity contribution in [2.45, 2.75) is 65.7 Å². The SMILES string of the molecule is CCCCCCCCc1c(C)nn(C(=O)c2cccc(Br)c2)c1C. The van der Waals surface area contributed by atoms with Crippen molar-refractivity contribution in [1.29, 1.82) is 0 Å². The highest BCUT2D eigenvalue weighted by atomic mass is 79.9. The summed E-state index contributed by atoms with van der Waals surface area (Å²) in [6, 6.07) is 7.46. The van der Waals surface area contributed by atoms with Crippen LogP contribution in [0.2, 0.25) is 0 Å². The van der Waals surface area contributed by atoms with Gasteiger partial charge in [-0.15, -0.1) is 0 Å². The predicted molar refractivity (Wildman–Crippen MR) is 103 cm³/mol. The lowest BCUT2D eigenvalue weighted by Crippen LogP contribution is -2.15. The van der Waals surface area contributed by atoms with Crippen molar-refractivity contribution in [3.8, 4) is 0 Å². The minimum absolute atomic E-state index is 0.0638. The normalized spacial score (nSPS) is 11.0. The van der Waals surface area contributed by atoms with E-state index in [0.29, 0.717) is 5.56 Å². The summed E-state index contributed by atoms with van der Waals surface area (Å²) in [4.78, 5) is 12.7. The summed E-state index contributed by atoms with van der Waals surface area (Å²) in [7, 11) is 0. The summed E-state index contributed by atoms with van der Waals surface area (Å²) < 4.78 is 2.46. The van der Waals surface area contributed by atoms with Gasteiger partial charge in [0.15, 0.2) is 0 Å². The number of nitrogens with zero attached hydrogens (tertiary/aromatic N) is 2. The molecule has 0 aliphatic heterocycles. The number of carbonyl (C=O) groups excluding carboxylic acids is 1. The maximum atomic E-state index is 12.7. The van der Waals surface area contributed by atoms with Crippen molar-refractivity contribution in [1.82, 2.24) is 9.78 Å². The van der Waals surface area contributed by atoms with Crippen molar-refractivity contribution >= 4 is 21.8 Å². The minimum Gasteiger partial charge on any atom is -0.267 e. The molecule has 4 heteroatoms. The van der Waals surface area contributed by atoms with Crippen LogP contribution in [0.25, 0.3) is 0 Å². The molecule has 0 N–H and O–H groups in total. The highest BCUT2D eigenvalue weighted by Gasteiger charge is 2.17. The Labute approximate surface area is 153 Å². The van der Waals surface area contributed by atoms with E-state index in [9.17, 15) is 4.79 Å². The van der Waals surface area contributed by atoms with Gasteiger partial charge in [-0.2, -0.15) is 5.10 Å². The summed E-state index contributed by atoms with van der Waals surface area (Å²) in [5, 5.41) is 4.50. The second kappa shape index (κ2) is 9.16. The highest BCUT2D eigenvalue weighted by Crippen LogP contribution is 2.19. The van der Waals surface area contributed by atoms with E-state index in [-0.39, 0.29) is 5.91 Å². The highest BCUT2D eigenvalue weighted by molar-refractivity contribution is 9.10. The third-order valence-corrected chi connectivity index (χ3v) is 4.98. The number of rotatable bonds is 8. The van der Waals surface area contributed by atoms with Crippen LogP contribution in [0.4, 0.5) is 0 Å². The fourth-order valence-electron chi connectivity index (χ4n) is 3.06. The van der Waals surface area contributed by atoms with Crippen molar-refractivity contribution in [3.05, 3.63) is 51.3 Å². The first-order valence-corrected chi connectivity index (χ1v) is 9.69. The van der Waals surface area contributed by atoms with E-state index >= 15 is 0 Å². The van der Waals surface area contributed by atoms with Crippen LogP contribution in [-0.2, 0) is 6.42 Å². The van der Waals surface area contributed by atoms with Gasteiger partial charge in [-0.3, -0.25) is 4.79 Å². The van der Waals surface area contributed by atoms with Crippen molar-refractivity contribution in [3.63, 3.8) is 0 Å². The van der Waals surface area contributed by atoms with E-state index in [1.165, 1.54) is 44.1 Å². The molecule has 0 spiro atoms. The van der Waals surface area contributed by atoms with E-state index in [0.717, 1.165) is 22.3 Å². The van der Waals surface area contributed by atoms with Gasteiger partial charge < -0.3 is 0 Å². The maximum absolute atomic E-state index is 12.7. The van der Waals surface area contributed by atoms with Gasteiger partial charge in [-0.25, -0.2) is 4.68 Å². The molecule has 1 aromatic carbocycles. The molecule has 0 fully saturated rings. The van der Waals surface area contributed by atoms with Gasteiger partial charge in [0.25, 0.3) is 5.91 Å². The fourth-order valence-corrected chi connectivity index (χ4v) is 3.46. The predicted octanol–water partition coefficient (Wildman–Crippen LogP) is 5.85. The first-order valence-electron chi connectivity index (χ1n) is 8.90. The molecule has 0 atom stereocenters. The lowest BCUT2D eigenvalue weighted by atomic mass is 10.0. The van der Waals surface area contributed by atoms with Gasteiger partial charge in [-0.05, 0) is 50.5 Å². The molecule has 1 aromatic heterocycles. The molecule has 0 unspecified atom stereocenters. The molecular weight excluding hydrogens is 364 g/mol. The van der Waals surface area contributed by atoms with Crippen LogP contribution < -0.4 is 0 Å². The zero-order valence-corrected chi connectivity index (χ0v) is 16.5. The Bertz CT molecular complexity index is 691. The van der Waals surface area contributed by atoms with Gasteiger partial charge in [0.2, 0.25) is 0 Å². The molecular formula is C20H27BrN2O. The van der Waals surface area contributed by atoms with Gasteiger partial charge in [0, 0.05) is 15.7 Å². The molecule has 0 saturated heterocycles. The van der Waals surface area contributed by atoms with Crippen molar-refractivity contribution in [2.75, 3.05) is 0 Å². The van der Waals surface area contributed by atoms with Crippen LogP contribution in [0.5, 0.6) is 0 Å². The summed E-state index contributed by atoms with van der Waals surface area (Å²) in [6.45, 7) is 6.25. The molecule has 0 aliphatic rings. The lowest BCUT2D eigenvalue weighted by Gasteiger charge is -2.05. The third kappa shape index (κ3) is 4.79. The Hall–Kier alpha value is -1.42. The Balaban J connectivity index is 2.04. The monoisotopic (exact) mass is 390 g/mol. The number of carbonyl (C=O) groups is 1. The largest absolute Gasteiger partial charge is 0.278 e. The van der Waals surface area contributed by atoms with E-state index in [1.54, 1.807) is 4.68 Å². The summed E-state index contributed by atoms with van der Waals surface area (Å²) in [5.74, 6) is -0.0638. The second-order valence-corrected chi connectivity index (χ2v) is 7.31. The molecule has 0 aliphatic carbocycles. The van der Waals surface area contributed by atoms with Crippen LogP contribution in [-0.4, -0.2) is 15.7 Å². The van der Waals surface area contributed by atoms with Crippen LogP contribution in [0.15, 0.2) is 28.7 Å². The molecule has 2 aromatic rings. The summed E-state index contributed by atoms with van der Waals surface area (Å²) in [6.07, 6.45) is 8.67. The van der Waals surface area contributed by atoms with E-state index < -0.39 is 0 Å². The zero-order valence-electron chi connectivity index (χ0n) is 14.9. The van der Waals surface area contributed by atoms with Crippen LogP contribution in [0, 0.1) is 13.8 Å². The topological polar surface area (TPSA) is 34.9 Å². The van der Waals surface area contributed by atoms with Crippen molar-refractivity contribution < 1.29 is 4.79 Å². The average Bonchev–Trinajstić information content (AvgIpc) is 2.85. The number of benzene rings is 1. The molecule has 0 saturated carbocycles. The number of unbranched alkanes of at least 4 members (excludes halogenated alkanes) is 5. The molecule has 0 bridgehead atoms. The van der Waals surface area contributed by atoms with Crippen molar-refractivity contribution in [2.24, 2.45) is 0 Å². The van der Waals surface area contributed by atoms with Gasteiger partial charge in [-0.1, -0.05) is 61.0 Å². The van der Waals surface area contributed by atoms with Crippen LogP contribution >= 0.6 is 15.9 Å². The lowest BCUT2D eigenvalue weighted by molar-refractivity contribution is 0.0942. The molecule has 24 heavy (non-hydrogen) atoms. The summed E-state index contributed by atoms with van der Waals surface area (Å²) in [5.41, 5.74) is 3.84. The van der Waals surface area contributed by atoms with Gasteiger partial charge in [0.1, 0.15) is 0 Å². The van der Waals surface area contributed by atoms with E-state index in [4.69, 9.17) is 0 Å². The number of hydrogen-bond acceptors (Lipinski definition) is 2. The molecule has 130 valence electrons. The molecule has 3 nitrogen and oxygen atoms in total. The van der Waals surface area contributed by atoms with E-state index in [1.807, 2.05) is 38.1 Å². The first-order chi connectivity index (χ1) is 11.5. The Morgan fingerprint density at radius 3 is 2.54 bits per heavy atom. The van der Waals surface area contributed by atoms with Crippen LogP contribution in [0.3, 0.4) is 0 Å². The maximum Gasteiger partial charge on any atom is 0.278 e. The smallest absolute Gasteiger partial charge is 0.267 e. The van der Waals surface area contributed by atoms with Gasteiger partial charge >= 0.3 is 0 Å². The summed E-state index contributed by atoms with van der Waals surface area (Å²) >= 11 is 3.42. The zero-order chi connectivity index (χ0) is 17.5. The Morgan fingerprint density at radius 1 is 1.12 bits per heavy atom. The van der Waals surface area contributed by atoms with Crippen LogP contribution in [0.1, 0.15) is 72.8 Å². The van der Waals surface area contributed by atoms with E-state index in [2.05, 4.69) is 28.0 Å². The third-order valence-electron chi connectivity index (χ3n) is 4.49. The standard InChI is InChI=1S/C20H27BrN2O/c1-4-5-6-7-8-9-13-19-15(2)22-23(16(19)3)20(24)17-11-10-12-18(21)14-17/h10-12,14H,4-9,13H2,1-3H3. The molecule has 2 rings (SSSR count). The Morgan fingerprint density at radius 2 is 1.83 bits per heavy atom. The molecule has 0 radical (unpaired) electrons.